The number of benzene rings is 3. The maximum Gasteiger partial charge on any atom is 0.294 e. The Morgan fingerprint density at radius 3 is 2.42 bits per heavy atom. The van der Waals surface area contributed by atoms with E-state index in [4.69, 9.17) is 4.74 Å². The fourth-order valence-corrected chi connectivity index (χ4v) is 4.54. The average Bonchev–Trinajstić information content (AvgIpc) is 2.94. The zero-order valence-corrected chi connectivity index (χ0v) is 22.6. The van der Waals surface area contributed by atoms with E-state index in [1.165, 1.54) is 23.3 Å². The molecule has 3 aromatic carbocycles. The van der Waals surface area contributed by atoms with Crippen molar-refractivity contribution in [1.29, 1.82) is 0 Å². The molecule has 2 N–H and O–H groups in total. The van der Waals surface area contributed by atoms with Crippen LogP contribution in [0, 0.1) is 6.92 Å². The van der Waals surface area contributed by atoms with E-state index in [2.05, 4.69) is 19.2 Å². The first-order valence-electron chi connectivity index (χ1n) is 13.6. The molecule has 1 atom stereocenters. The van der Waals surface area contributed by atoms with E-state index in [-0.39, 0.29) is 17.6 Å². The normalized spacial score (nSPS) is 14.7. The number of likely N-dealkylation sites (N-methyl/N-ethyl adjacent to an activating group) is 1. The third-order valence-electron chi connectivity index (χ3n) is 6.91. The molecule has 0 bridgehead atoms. The summed E-state index contributed by atoms with van der Waals surface area (Å²) in [4.78, 5) is 29.4. The van der Waals surface area contributed by atoms with Crippen LogP contribution in [0.4, 0.5) is 5.69 Å². The molecule has 198 valence electrons. The van der Waals surface area contributed by atoms with Crippen LogP contribution in [-0.4, -0.2) is 38.0 Å². The molecule has 0 radical (unpaired) electrons. The third kappa shape index (κ3) is 6.90. The van der Waals surface area contributed by atoms with Crippen LogP contribution in [0.2, 0.25) is 0 Å². The molecule has 1 aliphatic rings. The molecule has 0 aliphatic carbocycles. The lowest BCUT2D eigenvalue weighted by Crippen LogP contribution is -3.12. The number of nitrogens with zero attached hydrogens (tertiary/aromatic N) is 1. The zero-order valence-electron chi connectivity index (χ0n) is 22.6. The predicted molar refractivity (Wildman–Crippen MR) is 152 cm³/mol. The summed E-state index contributed by atoms with van der Waals surface area (Å²) >= 11 is 0. The lowest BCUT2D eigenvalue weighted by molar-refractivity contribution is -0.897. The Morgan fingerprint density at radius 2 is 1.71 bits per heavy atom. The molecule has 38 heavy (non-hydrogen) atoms. The predicted octanol–water partition coefficient (Wildman–Crippen LogP) is 4.40. The highest BCUT2D eigenvalue weighted by molar-refractivity contribution is 6.09. The van der Waals surface area contributed by atoms with Crippen LogP contribution in [0.1, 0.15) is 53.7 Å². The van der Waals surface area contributed by atoms with E-state index in [0.717, 1.165) is 36.4 Å². The number of hydrogen-bond acceptors (Lipinski definition) is 3. The number of amides is 2. The smallest absolute Gasteiger partial charge is 0.294 e. The number of fused-ring (bicyclic) bond motifs is 1. The standard InChI is InChI=1S/C32H37N3O3/c1-4-6-20-34(5-2)21-19-33-31(36)27-17-15-25(16-18-27)22-30-32(37)35(23-26-13-11-24(3)12-14-26)28-9-7-8-10-29(28)38-30/h7-18,22H,4-6,19-21,23H2,1-3H3,(H,33,36)/p+1. The fraction of sp³-hybridized carbons (Fsp3) is 0.312. The summed E-state index contributed by atoms with van der Waals surface area (Å²) in [5, 5.41) is 3.03. The highest BCUT2D eigenvalue weighted by Gasteiger charge is 2.30. The Morgan fingerprint density at radius 1 is 0.974 bits per heavy atom. The second-order valence-corrected chi connectivity index (χ2v) is 9.79. The van der Waals surface area contributed by atoms with E-state index in [1.54, 1.807) is 23.1 Å². The number of nitrogens with one attached hydrogen (secondary N) is 2. The summed E-state index contributed by atoms with van der Waals surface area (Å²) in [6.45, 7) is 10.7. The number of carbonyl (C=O) groups is 2. The minimum atomic E-state index is -0.197. The van der Waals surface area contributed by atoms with Crippen LogP contribution in [0.25, 0.3) is 6.08 Å². The zero-order chi connectivity index (χ0) is 26.9. The minimum absolute atomic E-state index is 0.0849. The molecule has 0 saturated carbocycles. The Bertz CT molecular complexity index is 1270. The van der Waals surface area contributed by atoms with Crippen LogP contribution in [0.3, 0.4) is 0 Å². The molecule has 2 amide bonds. The number of unbranched alkanes of at least 4 members (excludes halogenated alkanes) is 1. The maximum atomic E-state index is 13.5. The summed E-state index contributed by atoms with van der Waals surface area (Å²) in [5.74, 6) is 0.613. The van der Waals surface area contributed by atoms with Gasteiger partial charge in [-0.2, -0.15) is 0 Å². The van der Waals surface area contributed by atoms with Gasteiger partial charge in [-0.15, -0.1) is 0 Å². The van der Waals surface area contributed by atoms with E-state index >= 15 is 0 Å². The Hall–Kier alpha value is -3.90. The quantitative estimate of drug-likeness (QED) is 0.375. The van der Waals surface area contributed by atoms with E-state index in [1.807, 2.05) is 67.6 Å². The van der Waals surface area contributed by atoms with Crippen molar-refractivity contribution in [2.75, 3.05) is 31.1 Å². The van der Waals surface area contributed by atoms with E-state index in [9.17, 15) is 9.59 Å². The Labute approximate surface area is 225 Å². The van der Waals surface area contributed by atoms with Crippen LogP contribution in [-0.2, 0) is 11.3 Å². The van der Waals surface area contributed by atoms with E-state index in [0.29, 0.717) is 24.4 Å². The van der Waals surface area contributed by atoms with Gasteiger partial charge in [0, 0.05) is 5.56 Å². The van der Waals surface area contributed by atoms with Gasteiger partial charge in [0.2, 0.25) is 0 Å². The molecule has 0 saturated heterocycles. The first kappa shape index (κ1) is 27.1. The van der Waals surface area contributed by atoms with Crippen molar-refractivity contribution < 1.29 is 19.2 Å². The second kappa shape index (κ2) is 13.1. The molecule has 6 nitrogen and oxygen atoms in total. The number of quaternary nitrogens is 1. The van der Waals surface area contributed by atoms with Gasteiger partial charge in [0.05, 0.1) is 38.4 Å². The van der Waals surface area contributed by atoms with Crippen molar-refractivity contribution in [3.8, 4) is 5.75 Å². The number of rotatable bonds is 11. The number of hydrogen-bond donors (Lipinski definition) is 2. The topological polar surface area (TPSA) is 63.1 Å². The second-order valence-electron chi connectivity index (χ2n) is 9.79. The number of aryl methyl sites for hydroxylation is 1. The molecule has 1 unspecified atom stereocenters. The monoisotopic (exact) mass is 512 g/mol. The van der Waals surface area contributed by atoms with Gasteiger partial charge in [-0.25, -0.2) is 0 Å². The maximum absolute atomic E-state index is 13.5. The van der Waals surface area contributed by atoms with Gasteiger partial charge in [-0.3, -0.25) is 14.5 Å². The molecule has 3 aromatic rings. The molecular formula is C32H38N3O3+. The Kier molecular flexibility index (Phi) is 9.33. The number of carbonyl (C=O) groups excluding carboxylic acids is 2. The van der Waals surface area contributed by atoms with Crippen LogP contribution in [0.15, 0.2) is 78.6 Å². The van der Waals surface area contributed by atoms with Crippen molar-refractivity contribution in [3.05, 3.63) is 101 Å². The molecule has 1 heterocycles. The first-order valence-corrected chi connectivity index (χ1v) is 13.6. The molecule has 0 spiro atoms. The summed E-state index contributed by atoms with van der Waals surface area (Å²) < 4.78 is 6.02. The van der Waals surface area contributed by atoms with Gasteiger partial charge in [0.1, 0.15) is 0 Å². The van der Waals surface area contributed by atoms with Gasteiger partial charge in [-0.05, 0) is 61.7 Å². The SMILES string of the molecule is CCCC[NH+](CC)CCNC(=O)c1ccc(C=C2Oc3ccccc3N(Cc3ccc(C)cc3)C2=O)cc1. The largest absolute Gasteiger partial charge is 0.449 e. The highest BCUT2D eigenvalue weighted by atomic mass is 16.5. The fourth-order valence-electron chi connectivity index (χ4n) is 4.54. The van der Waals surface area contributed by atoms with Crippen molar-refractivity contribution in [2.45, 2.75) is 40.2 Å². The van der Waals surface area contributed by atoms with Crippen LogP contribution < -0.4 is 19.9 Å². The molecule has 0 fully saturated rings. The molecule has 1 aliphatic heterocycles. The molecule has 0 aromatic heterocycles. The van der Waals surface area contributed by atoms with Gasteiger partial charge in [0.15, 0.2) is 11.5 Å². The summed E-state index contributed by atoms with van der Waals surface area (Å²) in [6.07, 6.45) is 4.13. The Balaban J connectivity index is 1.44. The molecule has 4 rings (SSSR count). The van der Waals surface area contributed by atoms with Gasteiger partial charge >= 0.3 is 0 Å². The van der Waals surface area contributed by atoms with Gasteiger partial charge < -0.3 is 15.0 Å². The van der Waals surface area contributed by atoms with Crippen molar-refractivity contribution in [2.24, 2.45) is 0 Å². The van der Waals surface area contributed by atoms with Crippen LogP contribution >= 0.6 is 0 Å². The average molecular weight is 513 g/mol. The van der Waals surface area contributed by atoms with E-state index < -0.39 is 0 Å². The van der Waals surface area contributed by atoms with Crippen molar-refractivity contribution >= 4 is 23.6 Å². The van der Waals surface area contributed by atoms with Crippen molar-refractivity contribution in [3.63, 3.8) is 0 Å². The number of para-hydroxylation sites is 2. The molecular weight excluding hydrogens is 474 g/mol. The first-order chi connectivity index (χ1) is 18.5. The summed E-state index contributed by atoms with van der Waals surface area (Å²) in [7, 11) is 0. The highest BCUT2D eigenvalue weighted by Crippen LogP contribution is 2.36. The number of anilines is 1. The number of ether oxygens (including phenoxy) is 1. The minimum Gasteiger partial charge on any atom is -0.449 e. The van der Waals surface area contributed by atoms with Gasteiger partial charge in [0.25, 0.3) is 11.8 Å². The van der Waals surface area contributed by atoms with Crippen LogP contribution in [0.5, 0.6) is 5.75 Å². The summed E-state index contributed by atoms with van der Waals surface area (Å²) in [6, 6.07) is 23.0. The lowest BCUT2D eigenvalue weighted by atomic mass is 10.1. The van der Waals surface area contributed by atoms with Gasteiger partial charge in [-0.1, -0.05) is 67.4 Å². The third-order valence-corrected chi connectivity index (χ3v) is 6.91. The summed E-state index contributed by atoms with van der Waals surface area (Å²) in [5.41, 5.74) is 4.36. The van der Waals surface area contributed by atoms with Crippen molar-refractivity contribution in [1.82, 2.24) is 5.32 Å². The molecule has 6 heteroatoms. The lowest BCUT2D eigenvalue weighted by Gasteiger charge is -2.30.